The summed E-state index contributed by atoms with van der Waals surface area (Å²) in [5.74, 6) is 1.78. The van der Waals surface area contributed by atoms with Crippen LogP contribution in [0.15, 0.2) is 21.6 Å². The summed E-state index contributed by atoms with van der Waals surface area (Å²) >= 11 is 3.69. The van der Waals surface area contributed by atoms with Crippen molar-refractivity contribution in [3.05, 3.63) is 27.7 Å². The molecule has 3 heteroatoms. The molecule has 2 aliphatic rings. The highest BCUT2D eigenvalue weighted by Crippen LogP contribution is 2.45. The van der Waals surface area contributed by atoms with Gasteiger partial charge in [0, 0.05) is 29.0 Å². The molecule has 0 radical (unpaired) electrons. The highest BCUT2D eigenvalue weighted by Gasteiger charge is 2.34. The largest absolute Gasteiger partial charge is 0.359 e. The topological polar surface area (TPSA) is 15.6 Å². The van der Waals surface area contributed by atoms with Gasteiger partial charge in [-0.2, -0.15) is 0 Å². The Morgan fingerprint density at radius 3 is 2.76 bits per heavy atom. The second kappa shape index (κ2) is 4.13. The third-order valence-electron chi connectivity index (χ3n) is 3.84. The van der Waals surface area contributed by atoms with Crippen molar-refractivity contribution in [3.63, 3.8) is 0 Å². The zero-order chi connectivity index (χ0) is 12.0. The summed E-state index contributed by atoms with van der Waals surface area (Å²) in [6, 6.07) is 4.31. The highest BCUT2D eigenvalue weighted by atomic mass is 79.9. The molecule has 3 rings (SSSR count). The van der Waals surface area contributed by atoms with Crippen LogP contribution in [0.3, 0.4) is 0 Å². The van der Waals surface area contributed by atoms with Gasteiger partial charge in [0.25, 0.3) is 0 Å². The maximum Gasteiger partial charge on any atom is 0.112 e. The van der Waals surface area contributed by atoms with Crippen LogP contribution in [0.25, 0.3) is 0 Å². The fourth-order valence-electron chi connectivity index (χ4n) is 2.72. The van der Waals surface area contributed by atoms with Crippen LogP contribution in [0.4, 0.5) is 5.69 Å². The van der Waals surface area contributed by atoms with Gasteiger partial charge in [-0.3, -0.25) is 0 Å². The summed E-state index contributed by atoms with van der Waals surface area (Å²) < 4.78 is 1.21. The average Bonchev–Trinajstić information content (AvgIpc) is 2.61. The lowest BCUT2D eigenvalue weighted by molar-refractivity contribution is 0.291. The molecule has 1 unspecified atom stereocenters. The first-order chi connectivity index (χ1) is 8.22. The van der Waals surface area contributed by atoms with Gasteiger partial charge in [-0.15, -0.1) is 0 Å². The molecule has 0 saturated carbocycles. The van der Waals surface area contributed by atoms with Gasteiger partial charge in [-0.05, 0) is 31.4 Å². The van der Waals surface area contributed by atoms with E-state index in [1.807, 2.05) is 0 Å². The van der Waals surface area contributed by atoms with Gasteiger partial charge in [0.05, 0.1) is 5.69 Å². The zero-order valence-corrected chi connectivity index (χ0v) is 11.9. The quantitative estimate of drug-likeness (QED) is 0.764. The Morgan fingerprint density at radius 1 is 1.41 bits per heavy atom. The van der Waals surface area contributed by atoms with E-state index in [-0.39, 0.29) is 0 Å². The molecule has 1 aromatic carbocycles. The van der Waals surface area contributed by atoms with Gasteiger partial charge < -0.3 is 4.90 Å². The predicted octanol–water partition coefficient (Wildman–Crippen LogP) is 4.00. The van der Waals surface area contributed by atoms with Crippen molar-refractivity contribution in [1.82, 2.24) is 4.90 Å². The second-order valence-corrected chi connectivity index (χ2v) is 5.75. The van der Waals surface area contributed by atoms with Crippen molar-refractivity contribution in [2.75, 3.05) is 13.1 Å². The number of aryl methyl sites for hydroxylation is 1. The Balaban J connectivity index is 2.09. The number of rotatable bonds is 1. The lowest BCUT2D eigenvalue weighted by Crippen LogP contribution is -2.43. The molecule has 0 bridgehead atoms. The molecule has 2 heterocycles. The number of aliphatic imine (C=N–C) groups is 1. The van der Waals surface area contributed by atoms with E-state index < -0.39 is 0 Å². The number of halogens is 1. The van der Waals surface area contributed by atoms with Crippen molar-refractivity contribution in [1.29, 1.82) is 0 Å². The summed E-state index contributed by atoms with van der Waals surface area (Å²) in [4.78, 5) is 7.33. The minimum atomic E-state index is 0.486. The molecule has 0 amide bonds. The fourth-order valence-corrected chi connectivity index (χ4v) is 3.31. The molecule has 1 fully saturated rings. The number of likely N-dealkylation sites (tertiary alicyclic amines) is 1. The first-order valence-electron chi connectivity index (χ1n) is 6.35. The van der Waals surface area contributed by atoms with E-state index in [0.29, 0.717) is 5.92 Å². The molecule has 2 nitrogen and oxygen atoms in total. The standard InChI is InChI=1S/C14H17BrN2/c1-3-10-12-11(15)6-5-9(2)13(12)16-14(10)17-7-4-8-17/h5-6,10H,3-4,7-8H2,1-2H3. The van der Waals surface area contributed by atoms with Crippen molar-refractivity contribution in [2.45, 2.75) is 32.6 Å². The molecule has 90 valence electrons. The maximum absolute atomic E-state index is 4.90. The number of hydrogen-bond donors (Lipinski definition) is 0. The van der Waals surface area contributed by atoms with E-state index in [2.05, 4.69) is 46.8 Å². The molecule has 0 N–H and O–H groups in total. The normalized spacial score (nSPS) is 22.2. The molecule has 2 aliphatic heterocycles. The van der Waals surface area contributed by atoms with E-state index in [1.54, 1.807) is 0 Å². The maximum atomic E-state index is 4.90. The number of hydrogen-bond acceptors (Lipinski definition) is 2. The Morgan fingerprint density at radius 2 is 2.18 bits per heavy atom. The van der Waals surface area contributed by atoms with Crippen LogP contribution in [-0.4, -0.2) is 23.8 Å². The van der Waals surface area contributed by atoms with Gasteiger partial charge in [0.1, 0.15) is 5.84 Å². The van der Waals surface area contributed by atoms with E-state index >= 15 is 0 Å². The predicted molar refractivity (Wildman–Crippen MR) is 75.2 cm³/mol. The summed E-state index contributed by atoms with van der Waals surface area (Å²) in [6.45, 7) is 6.77. The van der Waals surface area contributed by atoms with E-state index in [0.717, 1.165) is 6.42 Å². The third kappa shape index (κ3) is 1.63. The summed E-state index contributed by atoms with van der Waals surface area (Å²) in [7, 11) is 0. The van der Waals surface area contributed by atoms with Crippen LogP contribution in [0.2, 0.25) is 0 Å². The van der Waals surface area contributed by atoms with Crippen LogP contribution < -0.4 is 0 Å². The van der Waals surface area contributed by atoms with Crippen LogP contribution in [0.1, 0.15) is 36.8 Å². The first-order valence-corrected chi connectivity index (χ1v) is 7.14. The number of nitrogens with zero attached hydrogens (tertiary/aromatic N) is 2. The first kappa shape index (κ1) is 11.3. The lowest BCUT2D eigenvalue weighted by atomic mass is 9.93. The molecule has 0 aliphatic carbocycles. The molecular formula is C14H17BrN2. The molecule has 1 atom stereocenters. The zero-order valence-electron chi connectivity index (χ0n) is 10.3. The van der Waals surface area contributed by atoms with Gasteiger partial charge in [-0.25, -0.2) is 4.99 Å². The highest BCUT2D eigenvalue weighted by molar-refractivity contribution is 9.10. The van der Waals surface area contributed by atoms with Crippen molar-refractivity contribution >= 4 is 27.5 Å². The van der Waals surface area contributed by atoms with E-state index in [9.17, 15) is 0 Å². The number of fused-ring (bicyclic) bond motifs is 1. The number of benzene rings is 1. The van der Waals surface area contributed by atoms with Crippen LogP contribution in [-0.2, 0) is 0 Å². The molecule has 1 aromatic rings. The third-order valence-corrected chi connectivity index (χ3v) is 4.53. The summed E-state index contributed by atoms with van der Waals surface area (Å²) in [5, 5.41) is 0. The molecular weight excluding hydrogens is 276 g/mol. The smallest absolute Gasteiger partial charge is 0.112 e. The molecule has 17 heavy (non-hydrogen) atoms. The molecule has 0 spiro atoms. The monoisotopic (exact) mass is 292 g/mol. The minimum absolute atomic E-state index is 0.486. The van der Waals surface area contributed by atoms with E-state index in [1.165, 1.54) is 46.6 Å². The Kier molecular flexibility index (Phi) is 2.74. The minimum Gasteiger partial charge on any atom is -0.359 e. The summed E-state index contributed by atoms with van der Waals surface area (Å²) in [5.41, 5.74) is 3.89. The SMILES string of the molecule is CCC1C(N2CCC2)=Nc2c(C)ccc(Br)c21. The van der Waals surface area contributed by atoms with Gasteiger partial charge in [-0.1, -0.05) is 28.9 Å². The Hall–Kier alpha value is -0.830. The fraction of sp³-hybridized carbons (Fsp3) is 0.500. The van der Waals surface area contributed by atoms with Gasteiger partial charge in [0.15, 0.2) is 0 Å². The molecule has 0 aromatic heterocycles. The summed E-state index contributed by atoms with van der Waals surface area (Å²) in [6.07, 6.45) is 2.44. The second-order valence-electron chi connectivity index (χ2n) is 4.90. The van der Waals surface area contributed by atoms with Crippen molar-refractivity contribution in [3.8, 4) is 0 Å². The Bertz CT molecular complexity index is 489. The van der Waals surface area contributed by atoms with Crippen molar-refractivity contribution in [2.24, 2.45) is 4.99 Å². The Labute approximate surface area is 111 Å². The number of amidine groups is 1. The van der Waals surface area contributed by atoms with Crippen LogP contribution in [0.5, 0.6) is 0 Å². The van der Waals surface area contributed by atoms with Gasteiger partial charge >= 0.3 is 0 Å². The van der Waals surface area contributed by atoms with Gasteiger partial charge in [0.2, 0.25) is 0 Å². The van der Waals surface area contributed by atoms with Crippen LogP contribution >= 0.6 is 15.9 Å². The average molecular weight is 293 g/mol. The van der Waals surface area contributed by atoms with Crippen molar-refractivity contribution < 1.29 is 0 Å². The molecule has 1 saturated heterocycles. The van der Waals surface area contributed by atoms with E-state index in [4.69, 9.17) is 4.99 Å². The van der Waals surface area contributed by atoms with Crippen LogP contribution in [0, 0.1) is 6.92 Å². The lowest BCUT2D eigenvalue weighted by Gasteiger charge is -2.35.